The zero-order chi connectivity index (χ0) is 15.4. The van der Waals surface area contributed by atoms with Crippen LogP contribution in [0.4, 0.5) is 4.39 Å². The average molecular weight is 298 g/mol. The van der Waals surface area contributed by atoms with Gasteiger partial charge in [0, 0.05) is 18.3 Å². The minimum atomic E-state index is -0.248. The Morgan fingerprint density at radius 3 is 2.41 bits per heavy atom. The Balaban J connectivity index is 1.76. The van der Waals surface area contributed by atoms with Gasteiger partial charge >= 0.3 is 0 Å². The van der Waals surface area contributed by atoms with E-state index in [1.807, 2.05) is 29.0 Å². The second-order valence-electron chi connectivity index (χ2n) is 5.57. The molecule has 0 bridgehead atoms. The molecule has 3 rings (SSSR count). The van der Waals surface area contributed by atoms with Crippen LogP contribution in [0.5, 0.6) is 0 Å². The molecule has 1 N–H and O–H groups in total. The van der Waals surface area contributed by atoms with E-state index in [1.165, 1.54) is 12.1 Å². The van der Waals surface area contributed by atoms with E-state index in [2.05, 4.69) is 5.32 Å². The Kier molecular flexibility index (Phi) is 4.49. The van der Waals surface area contributed by atoms with Crippen molar-refractivity contribution in [2.24, 2.45) is 0 Å². The molecule has 2 heterocycles. The summed E-state index contributed by atoms with van der Waals surface area (Å²) in [5.41, 5.74) is 1.80. The lowest BCUT2D eigenvalue weighted by Crippen LogP contribution is -2.33. The van der Waals surface area contributed by atoms with Gasteiger partial charge in [-0.25, -0.2) is 4.39 Å². The van der Waals surface area contributed by atoms with Gasteiger partial charge in [-0.1, -0.05) is 24.3 Å². The molecule has 4 heteroatoms. The summed E-state index contributed by atoms with van der Waals surface area (Å²) in [6, 6.07) is 10.2. The van der Waals surface area contributed by atoms with Crippen LogP contribution < -0.4 is 10.9 Å². The number of pyridine rings is 1. The topological polar surface area (TPSA) is 34.0 Å². The van der Waals surface area contributed by atoms with E-state index in [4.69, 9.17) is 0 Å². The van der Waals surface area contributed by atoms with Crippen molar-refractivity contribution in [1.29, 1.82) is 0 Å². The Morgan fingerprint density at radius 1 is 1.05 bits per heavy atom. The maximum absolute atomic E-state index is 12.9. The number of rotatable bonds is 3. The van der Waals surface area contributed by atoms with Crippen molar-refractivity contribution < 1.29 is 4.39 Å². The smallest absolute Gasteiger partial charge is 0.251 e. The zero-order valence-corrected chi connectivity index (χ0v) is 12.3. The van der Waals surface area contributed by atoms with Crippen LogP contribution in [0.2, 0.25) is 0 Å². The van der Waals surface area contributed by atoms with Crippen LogP contribution in [-0.4, -0.2) is 17.7 Å². The second-order valence-corrected chi connectivity index (χ2v) is 5.57. The predicted octanol–water partition coefficient (Wildman–Crippen LogP) is 3.08. The molecule has 1 aliphatic heterocycles. The van der Waals surface area contributed by atoms with Gasteiger partial charge in [-0.05, 0) is 55.3 Å². The van der Waals surface area contributed by atoms with Crippen LogP contribution >= 0.6 is 0 Å². The quantitative estimate of drug-likeness (QED) is 0.945. The molecule has 114 valence electrons. The number of benzene rings is 1. The first-order valence-corrected chi connectivity index (χ1v) is 7.59. The van der Waals surface area contributed by atoms with Crippen molar-refractivity contribution in [3.63, 3.8) is 0 Å². The fraction of sp³-hybridized carbons (Fsp3) is 0.278. The summed E-state index contributed by atoms with van der Waals surface area (Å²) in [6.07, 6.45) is 7.61. The summed E-state index contributed by atoms with van der Waals surface area (Å²) in [5, 5.41) is 3.30. The van der Waals surface area contributed by atoms with Gasteiger partial charge in [-0.3, -0.25) is 4.79 Å². The minimum absolute atomic E-state index is 0.0353. The monoisotopic (exact) mass is 298 g/mol. The van der Waals surface area contributed by atoms with Crippen molar-refractivity contribution in [3.05, 3.63) is 69.9 Å². The molecule has 0 spiro atoms. The number of piperidine rings is 1. The highest BCUT2D eigenvalue weighted by molar-refractivity contribution is 5.69. The van der Waals surface area contributed by atoms with Crippen LogP contribution in [0.25, 0.3) is 12.2 Å². The molecule has 1 aromatic heterocycles. The number of nitrogens with zero attached hydrogens (tertiary/aromatic N) is 1. The van der Waals surface area contributed by atoms with Crippen LogP contribution in [0.15, 0.2) is 47.4 Å². The number of hydrogen-bond acceptors (Lipinski definition) is 2. The highest BCUT2D eigenvalue weighted by atomic mass is 19.1. The Labute approximate surface area is 129 Å². The molecule has 1 aromatic carbocycles. The maximum Gasteiger partial charge on any atom is 0.251 e. The molecule has 0 unspecified atom stereocenters. The van der Waals surface area contributed by atoms with Crippen LogP contribution in [-0.2, 0) is 0 Å². The number of halogens is 1. The molecule has 0 aliphatic carbocycles. The SMILES string of the molecule is O=c1cc(/C=C/c2ccc(F)cc2)ccn1C1CCNCC1. The molecule has 0 atom stereocenters. The standard InChI is InChI=1S/C18H19FN2O/c19-16-5-3-14(4-6-16)1-2-15-9-12-21(18(22)13-15)17-7-10-20-11-8-17/h1-6,9,12-13,17,20H,7-8,10-11H2/b2-1+. The van der Waals surface area contributed by atoms with Gasteiger partial charge in [-0.2, -0.15) is 0 Å². The van der Waals surface area contributed by atoms with Gasteiger partial charge in [-0.15, -0.1) is 0 Å². The predicted molar refractivity (Wildman–Crippen MR) is 87.2 cm³/mol. The van der Waals surface area contributed by atoms with Crippen molar-refractivity contribution >= 4 is 12.2 Å². The molecule has 1 fully saturated rings. The number of aromatic nitrogens is 1. The third-order valence-electron chi connectivity index (χ3n) is 4.01. The summed E-state index contributed by atoms with van der Waals surface area (Å²) in [6.45, 7) is 1.92. The molecule has 2 aromatic rings. The molecular formula is C18H19FN2O. The van der Waals surface area contributed by atoms with Gasteiger partial charge in [0.25, 0.3) is 5.56 Å². The van der Waals surface area contributed by atoms with Gasteiger partial charge in [0.15, 0.2) is 0 Å². The highest BCUT2D eigenvalue weighted by Gasteiger charge is 2.15. The van der Waals surface area contributed by atoms with Crippen molar-refractivity contribution in [2.45, 2.75) is 18.9 Å². The first-order chi connectivity index (χ1) is 10.7. The van der Waals surface area contributed by atoms with Crippen molar-refractivity contribution in [3.8, 4) is 0 Å². The first-order valence-electron chi connectivity index (χ1n) is 7.59. The molecule has 0 amide bonds. The summed E-state index contributed by atoms with van der Waals surface area (Å²) < 4.78 is 14.7. The average Bonchev–Trinajstić information content (AvgIpc) is 2.55. The Bertz CT molecular complexity index is 713. The maximum atomic E-state index is 12.9. The van der Waals surface area contributed by atoms with Gasteiger partial charge in [0.2, 0.25) is 0 Å². The van der Waals surface area contributed by atoms with Gasteiger partial charge in [0.05, 0.1) is 0 Å². The van der Waals surface area contributed by atoms with Crippen LogP contribution in [0, 0.1) is 5.82 Å². The number of hydrogen-bond donors (Lipinski definition) is 1. The van der Waals surface area contributed by atoms with E-state index in [0.29, 0.717) is 6.04 Å². The third kappa shape index (κ3) is 3.52. The lowest BCUT2D eigenvalue weighted by molar-refractivity contribution is 0.361. The normalized spacial score (nSPS) is 16.2. The molecule has 3 nitrogen and oxygen atoms in total. The fourth-order valence-corrected chi connectivity index (χ4v) is 2.76. The van der Waals surface area contributed by atoms with Crippen LogP contribution in [0.3, 0.4) is 0 Å². The first kappa shape index (κ1) is 14.7. The highest BCUT2D eigenvalue weighted by Crippen LogP contribution is 2.16. The summed E-state index contributed by atoms with van der Waals surface area (Å²) >= 11 is 0. The molecule has 0 radical (unpaired) electrons. The largest absolute Gasteiger partial charge is 0.317 e. The van der Waals surface area contributed by atoms with E-state index < -0.39 is 0 Å². The molecular weight excluding hydrogens is 279 g/mol. The lowest BCUT2D eigenvalue weighted by atomic mass is 10.1. The van der Waals surface area contributed by atoms with E-state index in [-0.39, 0.29) is 11.4 Å². The van der Waals surface area contributed by atoms with Crippen molar-refractivity contribution in [1.82, 2.24) is 9.88 Å². The zero-order valence-electron chi connectivity index (χ0n) is 12.3. The second kappa shape index (κ2) is 6.71. The van der Waals surface area contributed by atoms with E-state index >= 15 is 0 Å². The Morgan fingerprint density at radius 2 is 1.73 bits per heavy atom. The van der Waals surface area contributed by atoms with Crippen LogP contribution in [0.1, 0.15) is 30.0 Å². The summed E-state index contributed by atoms with van der Waals surface area (Å²) in [5.74, 6) is -0.248. The third-order valence-corrected chi connectivity index (χ3v) is 4.01. The van der Waals surface area contributed by atoms with Gasteiger partial charge < -0.3 is 9.88 Å². The van der Waals surface area contributed by atoms with E-state index in [9.17, 15) is 9.18 Å². The van der Waals surface area contributed by atoms with E-state index in [0.717, 1.165) is 37.1 Å². The van der Waals surface area contributed by atoms with Gasteiger partial charge in [0.1, 0.15) is 5.82 Å². The van der Waals surface area contributed by atoms with Crippen molar-refractivity contribution in [2.75, 3.05) is 13.1 Å². The number of nitrogens with one attached hydrogen (secondary N) is 1. The fourth-order valence-electron chi connectivity index (χ4n) is 2.76. The summed E-state index contributed by atoms with van der Waals surface area (Å²) in [4.78, 5) is 12.3. The molecule has 1 aliphatic rings. The molecule has 0 saturated carbocycles. The lowest BCUT2D eigenvalue weighted by Gasteiger charge is -2.24. The molecule has 22 heavy (non-hydrogen) atoms. The minimum Gasteiger partial charge on any atom is -0.317 e. The Hall–Kier alpha value is -2.20. The van der Waals surface area contributed by atoms with E-state index in [1.54, 1.807) is 18.2 Å². The molecule has 1 saturated heterocycles. The summed E-state index contributed by atoms with van der Waals surface area (Å²) in [7, 11) is 0.